The predicted molar refractivity (Wildman–Crippen MR) is 71.9 cm³/mol. The Labute approximate surface area is 112 Å². The van der Waals surface area contributed by atoms with Gasteiger partial charge in [0.2, 0.25) is 0 Å². The summed E-state index contributed by atoms with van der Waals surface area (Å²) in [6.45, 7) is 0.644. The summed E-state index contributed by atoms with van der Waals surface area (Å²) in [5.74, 6) is 0.549. The minimum Gasteiger partial charge on any atom is -0.364 e. The summed E-state index contributed by atoms with van der Waals surface area (Å²) in [6.07, 6.45) is 1.37. The van der Waals surface area contributed by atoms with Crippen molar-refractivity contribution < 1.29 is 0 Å². The van der Waals surface area contributed by atoms with Gasteiger partial charge in [0.25, 0.3) is 5.56 Å². The maximum absolute atomic E-state index is 11.3. The number of aromatic amines is 1. The Hall–Kier alpha value is -0.660. The average molecular weight is 365 g/mol. The summed E-state index contributed by atoms with van der Waals surface area (Å²) >= 11 is 8.22. The highest BCUT2D eigenvalue weighted by Gasteiger charge is 2.05. The quantitative estimate of drug-likeness (QED) is 0.880. The topological polar surface area (TPSA) is 57.8 Å². The molecule has 0 amide bonds. The number of H-pyrrole nitrogens is 1. The van der Waals surface area contributed by atoms with Gasteiger partial charge in [-0.15, -0.1) is 11.3 Å². The number of nitrogens with one attached hydrogen (secondary N) is 2. The largest absolute Gasteiger partial charge is 0.364 e. The van der Waals surface area contributed by atoms with E-state index in [1.54, 1.807) is 11.3 Å². The Kier molecular flexibility index (Phi) is 3.78. The number of aromatic nitrogens is 2. The molecule has 7 heteroatoms. The van der Waals surface area contributed by atoms with Crippen LogP contribution in [-0.2, 0) is 6.54 Å². The third-order valence-corrected chi connectivity index (χ3v) is 4.21. The van der Waals surface area contributed by atoms with Crippen molar-refractivity contribution in [2.75, 3.05) is 5.32 Å². The van der Waals surface area contributed by atoms with Gasteiger partial charge in [-0.2, -0.15) is 0 Å². The summed E-state index contributed by atoms with van der Waals surface area (Å²) in [5.41, 5.74) is -0.190. The molecule has 0 aliphatic heterocycles. The lowest BCUT2D eigenvalue weighted by Crippen LogP contribution is -2.11. The Morgan fingerprint density at radius 1 is 1.44 bits per heavy atom. The van der Waals surface area contributed by atoms with Crippen molar-refractivity contribution in [3.05, 3.63) is 42.0 Å². The molecule has 2 N–H and O–H groups in total. The lowest BCUT2D eigenvalue weighted by atomic mass is 10.4. The van der Waals surface area contributed by atoms with Crippen molar-refractivity contribution in [2.45, 2.75) is 6.54 Å². The molecule has 0 radical (unpaired) electrons. The van der Waals surface area contributed by atoms with Gasteiger partial charge in [0.1, 0.15) is 10.3 Å². The van der Waals surface area contributed by atoms with Gasteiger partial charge in [-0.25, -0.2) is 4.98 Å². The van der Waals surface area contributed by atoms with Crippen molar-refractivity contribution in [2.24, 2.45) is 0 Å². The van der Waals surface area contributed by atoms with E-state index in [1.807, 2.05) is 12.1 Å². The molecule has 0 aromatic carbocycles. The first-order chi connectivity index (χ1) is 7.66. The molecule has 0 spiro atoms. The molecule has 2 aromatic rings. The Morgan fingerprint density at radius 2 is 2.25 bits per heavy atom. The normalized spacial score (nSPS) is 10.4. The van der Waals surface area contributed by atoms with Crippen LogP contribution in [0.1, 0.15) is 4.88 Å². The molecule has 16 heavy (non-hydrogen) atoms. The van der Waals surface area contributed by atoms with E-state index in [2.05, 4.69) is 47.1 Å². The molecule has 0 atom stereocenters. The minimum atomic E-state index is -0.190. The molecular formula is C9H7Br2N3OS. The van der Waals surface area contributed by atoms with E-state index in [-0.39, 0.29) is 5.56 Å². The van der Waals surface area contributed by atoms with E-state index in [0.29, 0.717) is 16.8 Å². The van der Waals surface area contributed by atoms with Crippen LogP contribution in [0.4, 0.5) is 5.82 Å². The number of hydrogen-bond acceptors (Lipinski definition) is 4. The zero-order valence-corrected chi connectivity index (χ0v) is 11.9. The Balaban J connectivity index is 2.10. The van der Waals surface area contributed by atoms with Crippen molar-refractivity contribution >= 4 is 49.0 Å². The fourth-order valence-corrected chi connectivity index (χ4v) is 2.90. The van der Waals surface area contributed by atoms with Gasteiger partial charge in [0.05, 0.1) is 16.7 Å². The number of thiophene rings is 1. The number of rotatable bonds is 3. The van der Waals surface area contributed by atoms with Gasteiger partial charge >= 0.3 is 0 Å². The molecule has 0 fully saturated rings. The highest BCUT2D eigenvalue weighted by molar-refractivity contribution is 9.11. The summed E-state index contributed by atoms with van der Waals surface area (Å²) in [5, 5.41) is 3.09. The first kappa shape index (κ1) is 11.8. The van der Waals surface area contributed by atoms with Crippen molar-refractivity contribution in [1.82, 2.24) is 9.97 Å². The lowest BCUT2D eigenvalue weighted by molar-refractivity contribution is 1.06. The fourth-order valence-electron chi connectivity index (χ4n) is 1.12. The third-order valence-electron chi connectivity index (χ3n) is 1.86. The molecule has 0 unspecified atom stereocenters. The van der Waals surface area contributed by atoms with E-state index < -0.39 is 0 Å². The van der Waals surface area contributed by atoms with E-state index >= 15 is 0 Å². The first-order valence-electron chi connectivity index (χ1n) is 4.38. The van der Waals surface area contributed by atoms with Crippen LogP contribution in [0.3, 0.4) is 0 Å². The zero-order chi connectivity index (χ0) is 11.5. The molecule has 0 aliphatic carbocycles. The van der Waals surface area contributed by atoms with Gasteiger partial charge in [-0.05, 0) is 44.0 Å². The molecule has 0 bridgehead atoms. The SMILES string of the molecule is O=c1[nH]cnc(NCc2ccc(Br)s2)c1Br. The second-order valence-corrected chi connectivity index (χ2v) is 6.29. The van der Waals surface area contributed by atoms with Crippen molar-refractivity contribution in [3.63, 3.8) is 0 Å². The number of nitrogens with zero attached hydrogens (tertiary/aromatic N) is 1. The zero-order valence-electron chi connectivity index (χ0n) is 7.96. The Morgan fingerprint density at radius 3 is 2.94 bits per heavy atom. The molecule has 2 rings (SSSR count). The molecule has 2 heterocycles. The molecule has 4 nitrogen and oxygen atoms in total. The maximum Gasteiger partial charge on any atom is 0.267 e. The maximum atomic E-state index is 11.3. The highest BCUT2D eigenvalue weighted by Crippen LogP contribution is 2.23. The molecule has 84 valence electrons. The monoisotopic (exact) mass is 363 g/mol. The van der Waals surface area contributed by atoms with Gasteiger partial charge < -0.3 is 10.3 Å². The van der Waals surface area contributed by atoms with Crippen LogP contribution < -0.4 is 10.9 Å². The smallest absolute Gasteiger partial charge is 0.267 e. The van der Waals surface area contributed by atoms with E-state index in [9.17, 15) is 4.79 Å². The predicted octanol–water partition coefficient (Wildman–Crippen LogP) is 2.97. The van der Waals surface area contributed by atoms with Gasteiger partial charge in [-0.3, -0.25) is 4.79 Å². The molecular weight excluding hydrogens is 358 g/mol. The average Bonchev–Trinajstić information content (AvgIpc) is 2.67. The van der Waals surface area contributed by atoms with Gasteiger partial charge in [0.15, 0.2) is 0 Å². The lowest BCUT2D eigenvalue weighted by Gasteiger charge is -2.04. The number of hydrogen-bond donors (Lipinski definition) is 2. The second-order valence-electron chi connectivity index (χ2n) is 2.95. The summed E-state index contributed by atoms with van der Waals surface area (Å²) < 4.78 is 1.51. The number of halogens is 2. The molecule has 0 saturated heterocycles. The van der Waals surface area contributed by atoms with Crippen molar-refractivity contribution in [1.29, 1.82) is 0 Å². The van der Waals surface area contributed by atoms with E-state index in [1.165, 1.54) is 11.2 Å². The molecule has 0 aliphatic rings. The van der Waals surface area contributed by atoms with E-state index in [4.69, 9.17) is 0 Å². The van der Waals surface area contributed by atoms with Gasteiger partial charge in [0, 0.05) is 4.88 Å². The van der Waals surface area contributed by atoms with Crippen LogP contribution >= 0.6 is 43.2 Å². The van der Waals surface area contributed by atoms with Crippen LogP contribution in [0.15, 0.2) is 31.5 Å². The summed E-state index contributed by atoms with van der Waals surface area (Å²) in [6, 6.07) is 4.00. The van der Waals surface area contributed by atoms with Gasteiger partial charge in [-0.1, -0.05) is 0 Å². The molecule has 0 saturated carbocycles. The highest BCUT2D eigenvalue weighted by atomic mass is 79.9. The second kappa shape index (κ2) is 5.11. The summed E-state index contributed by atoms with van der Waals surface area (Å²) in [4.78, 5) is 19.0. The fraction of sp³-hybridized carbons (Fsp3) is 0.111. The Bertz CT molecular complexity index is 552. The van der Waals surface area contributed by atoms with Crippen LogP contribution in [-0.4, -0.2) is 9.97 Å². The first-order valence-corrected chi connectivity index (χ1v) is 6.78. The molecule has 2 aromatic heterocycles. The van der Waals surface area contributed by atoms with Crippen LogP contribution in [0, 0.1) is 0 Å². The van der Waals surface area contributed by atoms with Crippen molar-refractivity contribution in [3.8, 4) is 0 Å². The minimum absolute atomic E-state index is 0.190. The standard InChI is InChI=1S/C9H7Br2N3OS/c10-6-2-1-5(16-6)3-12-8-7(11)9(15)14-4-13-8/h1-2,4H,3H2,(H2,12,13,14,15). The summed E-state index contributed by atoms with van der Waals surface area (Å²) in [7, 11) is 0. The number of anilines is 1. The van der Waals surface area contributed by atoms with Crippen LogP contribution in [0.5, 0.6) is 0 Å². The van der Waals surface area contributed by atoms with Crippen LogP contribution in [0.25, 0.3) is 0 Å². The van der Waals surface area contributed by atoms with Crippen LogP contribution in [0.2, 0.25) is 0 Å². The van der Waals surface area contributed by atoms with E-state index in [0.717, 1.165) is 3.79 Å². The third kappa shape index (κ3) is 2.72.